The predicted molar refractivity (Wildman–Crippen MR) is 77.1 cm³/mol. The molecular weight excluding hydrogens is 254 g/mol. The number of carbonyl (C=O) groups is 1. The number of benzene rings is 1. The lowest BCUT2D eigenvalue weighted by Crippen LogP contribution is -1.97. The molecule has 20 heavy (non-hydrogen) atoms. The molecule has 0 aliphatic heterocycles. The second kappa shape index (κ2) is 4.67. The second-order valence-corrected chi connectivity index (χ2v) is 5.35. The molecule has 2 N–H and O–H groups in total. The van der Waals surface area contributed by atoms with Crippen LogP contribution in [0.5, 0.6) is 0 Å². The number of hydrogen-bond donors (Lipinski definition) is 2. The van der Waals surface area contributed by atoms with Gasteiger partial charge >= 0.3 is 5.97 Å². The lowest BCUT2D eigenvalue weighted by molar-refractivity contribution is -0.136. The summed E-state index contributed by atoms with van der Waals surface area (Å²) < 4.78 is 2.00. The zero-order valence-electron chi connectivity index (χ0n) is 11.6. The van der Waals surface area contributed by atoms with Gasteiger partial charge in [-0.15, -0.1) is 0 Å². The monoisotopic (exact) mass is 271 g/mol. The number of nitrogens with zero attached hydrogens (tertiary/aromatic N) is 2. The van der Waals surface area contributed by atoms with Gasteiger partial charge in [0.2, 0.25) is 5.78 Å². The Morgan fingerprint density at radius 2 is 2.25 bits per heavy atom. The standard InChI is InChI=1S/C15H17N3O2/c1-9(2)11-4-3-5-12-14(11)17-15-16-10(8-18(12)15)6-7-13(19)20/h3-5,8-9H,6-7H2,1-2H3,(H,16,17)(H,19,20). The number of aliphatic carboxylic acids is 1. The Bertz CT molecular complexity index is 783. The Kier molecular flexibility index (Phi) is 2.97. The van der Waals surface area contributed by atoms with Crippen molar-refractivity contribution in [2.24, 2.45) is 0 Å². The fourth-order valence-corrected chi connectivity index (χ4v) is 2.52. The number of imidazole rings is 2. The Balaban J connectivity index is 2.08. The minimum Gasteiger partial charge on any atom is -0.481 e. The first-order valence-electron chi connectivity index (χ1n) is 6.76. The van der Waals surface area contributed by atoms with E-state index in [9.17, 15) is 4.79 Å². The van der Waals surface area contributed by atoms with Crippen molar-refractivity contribution in [1.29, 1.82) is 0 Å². The third kappa shape index (κ3) is 2.05. The molecule has 0 fully saturated rings. The first-order valence-corrected chi connectivity index (χ1v) is 6.76. The van der Waals surface area contributed by atoms with Crippen molar-refractivity contribution >= 4 is 22.8 Å². The number of nitrogens with one attached hydrogen (secondary N) is 1. The maximum atomic E-state index is 10.6. The molecule has 0 radical (unpaired) electrons. The summed E-state index contributed by atoms with van der Waals surface area (Å²) in [6.45, 7) is 4.31. The number of aryl methyl sites for hydroxylation is 1. The van der Waals surface area contributed by atoms with Crippen molar-refractivity contribution in [1.82, 2.24) is 14.4 Å². The van der Waals surface area contributed by atoms with Gasteiger partial charge in [0, 0.05) is 11.9 Å². The van der Waals surface area contributed by atoms with Crippen LogP contribution in [0.25, 0.3) is 16.8 Å². The second-order valence-electron chi connectivity index (χ2n) is 5.35. The van der Waals surface area contributed by atoms with E-state index in [1.807, 2.05) is 22.7 Å². The first-order chi connectivity index (χ1) is 9.56. The van der Waals surface area contributed by atoms with Crippen molar-refractivity contribution in [2.75, 3.05) is 0 Å². The molecule has 0 spiro atoms. The highest BCUT2D eigenvalue weighted by atomic mass is 16.4. The van der Waals surface area contributed by atoms with Gasteiger partial charge in [-0.1, -0.05) is 26.0 Å². The van der Waals surface area contributed by atoms with Crippen LogP contribution in [0.4, 0.5) is 0 Å². The molecule has 3 rings (SSSR count). The van der Waals surface area contributed by atoms with Gasteiger partial charge in [-0.2, -0.15) is 0 Å². The van der Waals surface area contributed by atoms with E-state index in [1.54, 1.807) is 0 Å². The minimum absolute atomic E-state index is 0.124. The molecule has 0 bridgehead atoms. The van der Waals surface area contributed by atoms with Crippen LogP contribution in [0.3, 0.4) is 0 Å². The van der Waals surface area contributed by atoms with Gasteiger partial charge in [0.25, 0.3) is 0 Å². The lowest BCUT2D eigenvalue weighted by atomic mass is 10.0. The molecule has 0 amide bonds. The molecular formula is C15H17N3O2. The summed E-state index contributed by atoms with van der Waals surface area (Å²) in [4.78, 5) is 18.5. The molecule has 0 aliphatic carbocycles. The number of rotatable bonds is 4. The number of H-pyrrole nitrogens is 1. The van der Waals surface area contributed by atoms with Gasteiger partial charge in [0.15, 0.2) is 0 Å². The highest BCUT2D eigenvalue weighted by Gasteiger charge is 2.13. The third-order valence-corrected chi connectivity index (χ3v) is 3.54. The van der Waals surface area contributed by atoms with Crippen LogP contribution in [0.15, 0.2) is 24.4 Å². The van der Waals surface area contributed by atoms with E-state index in [-0.39, 0.29) is 6.42 Å². The van der Waals surface area contributed by atoms with Crippen LogP contribution in [0, 0.1) is 0 Å². The van der Waals surface area contributed by atoms with Gasteiger partial charge in [0.05, 0.1) is 17.5 Å². The van der Waals surface area contributed by atoms with Crippen LogP contribution >= 0.6 is 0 Å². The summed E-state index contributed by atoms with van der Waals surface area (Å²) in [7, 11) is 0. The van der Waals surface area contributed by atoms with E-state index < -0.39 is 5.97 Å². The molecule has 2 aromatic heterocycles. The van der Waals surface area contributed by atoms with Gasteiger partial charge in [-0.05, 0) is 24.0 Å². The number of aromatic amines is 1. The molecule has 0 atom stereocenters. The van der Waals surface area contributed by atoms with Crippen LogP contribution in [-0.4, -0.2) is 25.4 Å². The molecule has 5 heteroatoms. The number of para-hydroxylation sites is 1. The number of hydrogen-bond acceptors (Lipinski definition) is 2. The summed E-state index contributed by atoms with van der Waals surface area (Å²) in [6.07, 6.45) is 2.56. The molecule has 5 nitrogen and oxygen atoms in total. The zero-order valence-corrected chi connectivity index (χ0v) is 11.6. The Hall–Kier alpha value is -2.30. The first kappa shape index (κ1) is 12.7. The lowest BCUT2D eigenvalue weighted by Gasteiger charge is -2.05. The van der Waals surface area contributed by atoms with E-state index in [4.69, 9.17) is 5.11 Å². The maximum absolute atomic E-state index is 10.6. The SMILES string of the molecule is CC(C)c1cccc2c1nc1[nH]c(CCC(=O)O)cn12. The predicted octanol–water partition coefficient (Wildman–Crippen LogP) is 2.96. The van der Waals surface area contributed by atoms with Gasteiger partial charge < -0.3 is 10.1 Å². The van der Waals surface area contributed by atoms with Crippen molar-refractivity contribution < 1.29 is 9.90 Å². The van der Waals surface area contributed by atoms with E-state index in [0.717, 1.165) is 22.5 Å². The van der Waals surface area contributed by atoms with Crippen molar-refractivity contribution in [3.63, 3.8) is 0 Å². The highest BCUT2D eigenvalue weighted by Crippen LogP contribution is 2.26. The van der Waals surface area contributed by atoms with E-state index in [0.29, 0.717) is 12.3 Å². The Labute approximate surface area is 116 Å². The maximum Gasteiger partial charge on any atom is 0.303 e. The highest BCUT2D eigenvalue weighted by molar-refractivity contribution is 5.83. The van der Waals surface area contributed by atoms with Crippen LogP contribution in [0.2, 0.25) is 0 Å². The molecule has 0 saturated heterocycles. The topological polar surface area (TPSA) is 70.4 Å². The Morgan fingerprint density at radius 1 is 1.45 bits per heavy atom. The normalized spacial score (nSPS) is 11.8. The Morgan fingerprint density at radius 3 is 2.95 bits per heavy atom. The van der Waals surface area contributed by atoms with Gasteiger partial charge in [-0.25, -0.2) is 4.98 Å². The smallest absolute Gasteiger partial charge is 0.303 e. The van der Waals surface area contributed by atoms with Crippen molar-refractivity contribution in [3.8, 4) is 0 Å². The third-order valence-electron chi connectivity index (χ3n) is 3.54. The molecule has 0 aliphatic rings. The molecule has 2 heterocycles. The molecule has 104 valence electrons. The van der Waals surface area contributed by atoms with Crippen molar-refractivity contribution in [2.45, 2.75) is 32.6 Å². The van der Waals surface area contributed by atoms with E-state index >= 15 is 0 Å². The minimum atomic E-state index is -0.788. The average molecular weight is 271 g/mol. The number of aromatic nitrogens is 3. The number of carboxylic acids is 1. The zero-order chi connectivity index (χ0) is 14.3. The van der Waals surface area contributed by atoms with Gasteiger partial charge in [0.1, 0.15) is 0 Å². The summed E-state index contributed by atoms with van der Waals surface area (Å²) in [6, 6.07) is 6.18. The summed E-state index contributed by atoms with van der Waals surface area (Å²) in [5, 5.41) is 8.73. The largest absolute Gasteiger partial charge is 0.481 e. The van der Waals surface area contributed by atoms with Crippen LogP contribution in [-0.2, 0) is 11.2 Å². The average Bonchev–Trinajstić information content (AvgIpc) is 2.92. The summed E-state index contributed by atoms with van der Waals surface area (Å²) in [5.74, 6) is 0.405. The number of fused-ring (bicyclic) bond motifs is 3. The van der Waals surface area contributed by atoms with Gasteiger partial charge in [-0.3, -0.25) is 9.20 Å². The molecule has 3 aromatic rings. The fraction of sp³-hybridized carbons (Fsp3) is 0.333. The van der Waals surface area contributed by atoms with E-state index in [2.05, 4.69) is 29.9 Å². The molecule has 1 aromatic carbocycles. The fourth-order valence-electron chi connectivity index (χ4n) is 2.52. The quantitative estimate of drug-likeness (QED) is 0.766. The molecule has 0 saturated carbocycles. The van der Waals surface area contributed by atoms with E-state index in [1.165, 1.54) is 5.56 Å². The van der Waals surface area contributed by atoms with Crippen molar-refractivity contribution in [3.05, 3.63) is 35.7 Å². The van der Waals surface area contributed by atoms with Crippen LogP contribution < -0.4 is 0 Å². The molecule has 0 unspecified atom stereocenters. The summed E-state index contributed by atoms with van der Waals surface area (Å²) in [5.41, 5.74) is 4.20. The number of carboxylic acid groups (broad SMARTS) is 1. The van der Waals surface area contributed by atoms with Crippen LogP contribution in [0.1, 0.15) is 37.4 Å². The summed E-state index contributed by atoms with van der Waals surface area (Å²) >= 11 is 0.